The van der Waals surface area contributed by atoms with Crippen LogP contribution in [0.5, 0.6) is 0 Å². The molecule has 4 saturated carbocycles. The van der Waals surface area contributed by atoms with Crippen molar-refractivity contribution in [2.75, 3.05) is 0 Å². The maximum atomic E-state index is 12.2. The number of ketones is 1. The molecule has 3 nitrogen and oxygen atoms in total. The molecule has 0 aromatic rings. The van der Waals surface area contributed by atoms with Gasteiger partial charge in [-0.25, -0.2) is 0 Å². The van der Waals surface area contributed by atoms with Gasteiger partial charge in [0.05, 0.1) is 12.4 Å². The highest BCUT2D eigenvalue weighted by Gasteiger charge is 2.60. The summed E-state index contributed by atoms with van der Waals surface area (Å²) in [4.78, 5) is 12.2. The minimum atomic E-state index is -0.125. The van der Waals surface area contributed by atoms with Gasteiger partial charge in [0.2, 0.25) is 0 Å². The zero-order valence-corrected chi connectivity index (χ0v) is 14.4. The fourth-order valence-electron chi connectivity index (χ4n) is 7.10. The zero-order valence-electron chi connectivity index (χ0n) is 14.4. The molecule has 0 radical (unpaired) electrons. The van der Waals surface area contributed by atoms with E-state index in [9.17, 15) is 15.0 Å². The Kier molecular flexibility index (Phi) is 3.46. The maximum absolute atomic E-state index is 12.2. The first-order valence-electron chi connectivity index (χ1n) is 9.44. The monoisotopic (exact) mass is 318 g/mol. The van der Waals surface area contributed by atoms with Gasteiger partial charge in [-0.1, -0.05) is 13.8 Å². The minimum Gasteiger partial charge on any atom is -0.515 e. The summed E-state index contributed by atoms with van der Waals surface area (Å²) in [6.45, 7) is 4.68. The van der Waals surface area contributed by atoms with E-state index in [-0.39, 0.29) is 22.7 Å². The van der Waals surface area contributed by atoms with E-state index in [1.54, 1.807) is 0 Å². The normalized spacial score (nSPS) is 54.5. The van der Waals surface area contributed by atoms with Gasteiger partial charge >= 0.3 is 0 Å². The lowest BCUT2D eigenvalue weighted by Gasteiger charge is -2.60. The maximum Gasteiger partial charge on any atom is 0.162 e. The summed E-state index contributed by atoms with van der Waals surface area (Å²) >= 11 is 0. The first kappa shape index (κ1) is 15.7. The highest BCUT2D eigenvalue weighted by atomic mass is 16.3. The molecule has 0 spiro atoms. The number of hydrogen-bond acceptors (Lipinski definition) is 3. The van der Waals surface area contributed by atoms with Crippen molar-refractivity contribution in [3.05, 3.63) is 11.8 Å². The number of fused-ring (bicyclic) bond motifs is 5. The number of allylic oxidation sites excluding steroid dienone is 1. The molecule has 4 rings (SSSR count). The van der Waals surface area contributed by atoms with Gasteiger partial charge in [0.1, 0.15) is 0 Å². The SMILES string of the molecule is C[C@]12CC[C@H]3[C@@H](CCC4CC(=O)C(=CO)C[C@@]43C)[C@@H]1CC[C@@H]2O. The van der Waals surface area contributed by atoms with Crippen molar-refractivity contribution in [3.63, 3.8) is 0 Å². The van der Waals surface area contributed by atoms with Gasteiger partial charge in [-0.05, 0) is 79.4 Å². The Morgan fingerprint density at radius 2 is 1.78 bits per heavy atom. The fraction of sp³-hybridized carbons (Fsp3) is 0.850. The molecule has 0 bridgehead atoms. The molecular formula is C20H30O3. The standard InChI is InChI=1S/C20H30O3/c1-19-8-7-16-14(15(19)5-6-18(19)23)4-3-13-9-17(22)12(11-21)10-20(13,16)2/h11,13-16,18,21,23H,3-10H2,1-2H3/t13?,14-,15-,16-,18-,19-,20-/m0/s1. The molecule has 0 aromatic carbocycles. The van der Waals surface area contributed by atoms with E-state index in [1.807, 2.05) is 0 Å². The van der Waals surface area contributed by atoms with Crippen LogP contribution in [0.1, 0.15) is 65.2 Å². The summed E-state index contributed by atoms with van der Waals surface area (Å²) in [6, 6.07) is 0. The van der Waals surface area contributed by atoms with Gasteiger partial charge in [0, 0.05) is 12.0 Å². The van der Waals surface area contributed by atoms with Crippen molar-refractivity contribution in [1.82, 2.24) is 0 Å². The van der Waals surface area contributed by atoms with E-state index in [2.05, 4.69) is 13.8 Å². The van der Waals surface area contributed by atoms with Crippen LogP contribution in [-0.4, -0.2) is 22.1 Å². The van der Waals surface area contributed by atoms with Gasteiger partial charge in [0.25, 0.3) is 0 Å². The largest absolute Gasteiger partial charge is 0.515 e. The average Bonchev–Trinajstić information content (AvgIpc) is 2.83. The molecule has 0 aromatic heterocycles. The van der Waals surface area contributed by atoms with Crippen LogP contribution in [0.4, 0.5) is 0 Å². The summed E-state index contributed by atoms with van der Waals surface area (Å²) in [7, 11) is 0. The Balaban J connectivity index is 1.66. The average molecular weight is 318 g/mol. The van der Waals surface area contributed by atoms with Crippen molar-refractivity contribution < 1.29 is 15.0 Å². The van der Waals surface area contributed by atoms with Crippen LogP contribution in [0.25, 0.3) is 0 Å². The fourth-order valence-corrected chi connectivity index (χ4v) is 7.10. The van der Waals surface area contributed by atoms with E-state index >= 15 is 0 Å². The van der Waals surface area contributed by atoms with Gasteiger partial charge in [-0.3, -0.25) is 4.79 Å². The van der Waals surface area contributed by atoms with Crippen molar-refractivity contribution in [1.29, 1.82) is 0 Å². The summed E-state index contributed by atoms with van der Waals surface area (Å²) in [5.74, 6) is 2.63. The molecule has 0 amide bonds. The predicted molar refractivity (Wildman–Crippen MR) is 88.8 cm³/mol. The highest BCUT2D eigenvalue weighted by molar-refractivity contribution is 5.96. The third-order valence-corrected chi connectivity index (χ3v) is 8.53. The van der Waals surface area contributed by atoms with E-state index in [4.69, 9.17) is 0 Å². The molecule has 1 unspecified atom stereocenters. The number of carbonyl (C=O) groups excluding carboxylic acids is 1. The Labute approximate surface area is 139 Å². The topological polar surface area (TPSA) is 57.5 Å². The van der Waals surface area contributed by atoms with Crippen LogP contribution in [0.2, 0.25) is 0 Å². The van der Waals surface area contributed by atoms with Crippen molar-refractivity contribution >= 4 is 5.78 Å². The van der Waals surface area contributed by atoms with Gasteiger partial charge in [-0.15, -0.1) is 0 Å². The molecule has 0 heterocycles. The van der Waals surface area contributed by atoms with E-state index in [1.165, 1.54) is 19.3 Å². The summed E-state index contributed by atoms with van der Waals surface area (Å²) < 4.78 is 0. The van der Waals surface area contributed by atoms with Crippen LogP contribution in [0.3, 0.4) is 0 Å². The number of rotatable bonds is 0. The molecule has 2 N–H and O–H groups in total. The summed E-state index contributed by atoms with van der Waals surface area (Å²) in [5, 5.41) is 20.0. The zero-order chi connectivity index (χ0) is 16.4. The number of carbonyl (C=O) groups is 1. The van der Waals surface area contributed by atoms with E-state index in [0.29, 0.717) is 35.7 Å². The van der Waals surface area contributed by atoms with Crippen molar-refractivity contribution in [2.45, 2.75) is 71.3 Å². The lowest BCUT2D eigenvalue weighted by Crippen LogP contribution is -2.54. The number of hydrogen-bond donors (Lipinski definition) is 2. The van der Waals surface area contributed by atoms with Crippen LogP contribution in [0, 0.1) is 34.5 Å². The van der Waals surface area contributed by atoms with E-state index < -0.39 is 0 Å². The molecule has 0 saturated heterocycles. The number of aliphatic hydroxyl groups excluding tert-OH is 2. The molecule has 4 aliphatic rings. The molecule has 4 aliphatic carbocycles. The number of Topliss-reactive ketones (excluding diaryl/α,β-unsaturated/α-hetero) is 1. The smallest absolute Gasteiger partial charge is 0.162 e. The Bertz CT molecular complexity index is 553. The molecule has 3 heteroatoms. The lowest BCUT2D eigenvalue weighted by molar-refractivity contribution is -0.135. The third-order valence-electron chi connectivity index (χ3n) is 8.53. The molecule has 7 atom stereocenters. The Hall–Kier alpha value is -0.830. The Morgan fingerprint density at radius 3 is 2.52 bits per heavy atom. The van der Waals surface area contributed by atoms with Crippen LogP contribution >= 0.6 is 0 Å². The van der Waals surface area contributed by atoms with Crippen molar-refractivity contribution in [2.24, 2.45) is 34.5 Å². The Morgan fingerprint density at radius 1 is 1.04 bits per heavy atom. The van der Waals surface area contributed by atoms with Gasteiger partial charge in [-0.2, -0.15) is 0 Å². The molecular weight excluding hydrogens is 288 g/mol. The quantitative estimate of drug-likeness (QED) is 0.524. The second kappa shape index (κ2) is 5.08. The predicted octanol–water partition coefficient (Wildman–Crippen LogP) is 4.01. The third kappa shape index (κ3) is 2.01. The number of aliphatic hydroxyl groups is 2. The molecule has 128 valence electrons. The summed E-state index contributed by atoms with van der Waals surface area (Å²) in [6.07, 6.45) is 9.11. The second-order valence-electron chi connectivity index (χ2n) is 9.25. The van der Waals surface area contributed by atoms with E-state index in [0.717, 1.165) is 31.9 Å². The summed E-state index contributed by atoms with van der Waals surface area (Å²) in [5.41, 5.74) is 0.911. The lowest BCUT2D eigenvalue weighted by atomic mass is 9.45. The molecule has 23 heavy (non-hydrogen) atoms. The van der Waals surface area contributed by atoms with Gasteiger partial charge < -0.3 is 10.2 Å². The molecule has 4 fully saturated rings. The van der Waals surface area contributed by atoms with Gasteiger partial charge in [0.15, 0.2) is 5.78 Å². The van der Waals surface area contributed by atoms with Crippen molar-refractivity contribution in [3.8, 4) is 0 Å². The van der Waals surface area contributed by atoms with Crippen LogP contribution in [0.15, 0.2) is 11.8 Å². The minimum absolute atomic E-state index is 0.116. The van der Waals surface area contributed by atoms with Crippen LogP contribution in [-0.2, 0) is 4.79 Å². The van der Waals surface area contributed by atoms with Crippen LogP contribution < -0.4 is 0 Å². The highest BCUT2D eigenvalue weighted by Crippen LogP contribution is 2.66. The first-order valence-corrected chi connectivity index (χ1v) is 9.44. The molecule has 0 aliphatic heterocycles. The second-order valence-corrected chi connectivity index (χ2v) is 9.25. The first-order chi connectivity index (χ1) is 10.9.